The molecule has 2 fully saturated rings. The number of benzene rings is 1. The molecule has 1 N–H and O–H groups in total. The van der Waals surface area contributed by atoms with E-state index in [-0.39, 0.29) is 0 Å². The molecule has 2 bridgehead atoms. The molecule has 1 saturated heterocycles. The minimum absolute atomic E-state index is 0.388. The Hall–Kier alpha value is -0.800. The van der Waals surface area contributed by atoms with E-state index in [1.165, 1.54) is 19.3 Å². The minimum atomic E-state index is 0.388. The standard InChI is InChI=1S/C17H23ClN2S/c1-16(2)8-12-9-17(3,10-16)11-20(12)15(21)19-14-7-5-4-6-13(14)18/h4-7,12H,8-11H2,1-3H3,(H,19,21)/t12-,17-/m0/s1. The second kappa shape index (κ2) is 5.13. The molecule has 4 heteroatoms. The third-order valence-electron chi connectivity index (χ3n) is 4.79. The minimum Gasteiger partial charge on any atom is -0.345 e. The van der Waals surface area contributed by atoms with Gasteiger partial charge < -0.3 is 10.2 Å². The monoisotopic (exact) mass is 322 g/mol. The lowest BCUT2D eigenvalue weighted by molar-refractivity contribution is 0.132. The summed E-state index contributed by atoms with van der Waals surface area (Å²) < 4.78 is 0. The molecule has 1 aromatic rings. The largest absolute Gasteiger partial charge is 0.345 e. The number of thiocarbonyl (C=S) groups is 1. The van der Waals surface area contributed by atoms with Crippen LogP contribution in [0.4, 0.5) is 5.69 Å². The number of anilines is 1. The fraction of sp³-hybridized carbons (Fsp3) is 0.588. The van der Waals surface area contributed by atoms with Gasteiger partial charge in [-0.2, -0.15) is 0 Å². The van der Waals surface area contributed by atoms with Gasteiger partial charge in [0.1, 0.15) is 0 Å². The van der Waals surface area contributed by atoms with Crippen molar-refractivity contribution in [3.63, 3.8) is 0 Å². The molecule has 0 unspecified atom stereocenters. The number of nitrogens with one attached hydrogen (secondary N) is 1. The lowest BCUT2D eigenvalue weighted by Gasteiger charge is -2.39. The normalized spacial score (nSPS) is 30.3. The number of nitrogens with zero attached hydrogens (tertiary/aromatic N) is 1. The molecule has 0 spiro atoms. The first-order valence-electron chi connectivity index (χ1n) is 7.60. The summed E-state index contributed by atoms with van der Waals surface area (Å²) in [4.78, 5) is 2.38. The first kappa shape index (κ1) is 15.1. The van der Waals surface area contributed by atoms with Gasteiger partial charge in [0.25, 0.3) is 0 Å². The summed E-state index contributed by atoms with van der Waals surface area (Å²) in [5.74, 6) is 0. The first-order valence-corrected chi connectivity index (χ1v) is 8.39. The number of rotatable bonds is 1. The van der Waals surface area contributed by atoms with Gasteiger partial charge in [-0.05, 0) is 54.4 Å². The van der Waals surface area contributed by atoms with Crippen molar-refractivity contribution in [2.45, 2.75) is 46.1 Å². The maximum atomic E-state index is 6.22. The number of fused-ring (bicyclic) bond motifs is 2. The molecule has 2 atom stereocenters. The Balaban J connectivity index is 1.76. The van der Waals surface area contributed by atoms with Crippen molar-refractivity contribution < 1.29 is 0 Å². The third kappa shape index (κ3) is 3.04. The van der Waals surface area contributed by atoms with Crippen LogP contribution in [0.25, 0.3) is 0 Å². The molecular weight excluding hydrogens is 300 g/mol. The van der Waals surface area contributed by atoms with Gasteiger partial charge in [0, 0.05) is 12.6 Å². The zero-order valence-electron chi connectivity index (χ0n) is 12.9. The third-order valence-corrected chi connectivity index (χ3v) is 5.46. The second-order valence-corrected chi connectivity index (χ2v) is 8.55. The van der Waals surface area contributed by atoms with Gasteiger partial charge in [-0.3, -0.25) is 0 Å². The average molecular weight is 323 g/mol. The molecule has 0 amide bonds. The Morgan fingerprint density at radius 1 is 1.29 bits per heavy atom. The molecule has 114 valence electrons. The van der Waals surface area contributed by atoms with Gasteiger partial charge in [0.2, 0.25) is 0 Å². The molecule has 1 aliphatic carbocycles. The van der Waals surface area contributed by atoms with E-state index in [2.05, 4.69) is 31.0 Å². The second-order valence-electron chi connectivity index (χ2n) is 7.75. The van der Waals surface area contributed by atoms with Crippen LogP contribution in [0.2, 0.25) is 5.02 Å². The predicted octanol–water partition coefficient (Wildman–Crippen LogP) is 4.94. The van der Waals surface area contributed by atoms with E-state index in [1.807, 2.05) is 24.3 Å². The highest BCUT2D eigenvalue weighted by Gasteiger charge is 2.50. The summed E-state index contributed by atoms with van der Waals surface area (Å²) in [6.07, 6.45) is 3.75. The lowest BCUT2D eigenvalue weighted by Crippen LogP contribution is -2.40. The molecule has 21 heavy (non-hydrogen) atoms. The van der Waals surface area contributed by atoms with Crippen molar-refractivity contribution in [3.05, 3.63) is 29.3 Å². The Morgan fingerprint density at radius 3 is 2.71 bits per heavy atom. The van der Waals surface area contributed by atoms with E-state index >= 15 is 0 Å². The Bertz CT molecular complexity index is 572. The van der Waals surface area contributed by atoms with Crippen molar-refractivity contribution in [3.8, 4) is 0 Å². The fourth-order valence-electron chi connectivity index (χ4n) is 4.45. The van der Waals surface area contributed by atoms with Gasteiger partial charge in [-0.25, -0.2) is 0 Å². The fourth-order valence-corrected chi connectivity index (χ4v) is 4.95. The van der Waals surface area contributed by atoms with Crippen LogP contribution in [0, 0.1) is 10.8 Å². The van der Waals surface area contributed by atoms with Gasteiger partial charge in [0.15, 0.2) is 5.11 Å². The molecule has 1 saturated carbocycles. The summed E-state index contributed by atoms with van der Waals surface area (Å²) in [6.45, 7) is 8.22. The topological polar surface area (TPSA) is 15.3 Å². The average Bonchev–Trinajstić information content (AvgIpc) is 2.61. The number of para-hydroxylation sites is 1. The summed E-state index contributed by atoms with van der Waals surface area (Å²) in [7, 11) is 0. The number of hydrogen-bond donors (Lipinski definition) is 1. The highest BCUT2D eigenvalue weighted by Crippen LogP contribution is 2.52. The molecule has 2 aliphatic rings. The zero-order valence-corrected chi connectivity index (χ0v) is 14.5. The summed E-state index contributed by atoms with van der Waals surface area (Å²) >= 11 is 11.9. The first-order chi connectivity index (χ1) is 9.78. The maximum absolute atomic E-state index is 6.22. The highest BCUT2D eigenvalue weighted by molar-refractivity contribution is 7.80. The van der Waals surface area contributed by atoms with Crippen LogP contribution in [0.3, 0.4) is 0 Å². The molecular formula is C17H23ClN2S. The van der Waals surface area contributed by atoms with E-state index < -0.39 is 0 Å². The summed E-state index contributed by atoms with van der Waals surface area (Å²) in [5, 5.41) is 4.87. The molecule has 3 rings (SSSR count). The van der Waals surface area contributed by atoms with Crippen LogP contribution in [0.1, 0.15) is 40.0 Å². The molecule has 1 aliphatic heterocycles. The van der Waals surface area contributed by atoms with Crippen LogP contribution in [0.5, 0.6) is 0 Å². The van der Waals surface area contributed by atoms with Crippen LogP contribution < -0.4 is 5.32 Å². The predicted molar refractivity (Wildman–Crippen MR) is 93.9 cm³/mol. The SMILES string of the molecule is CC1(C)C[C@H]2C[C@](C)(CN2C(=S)Nc2ccccc2Cl)C1. The number of likely N-dealkylation sites (tertiary alicyclic amines) is 1. The smallest absolute Gasteiger partial charge is 0.173 e. The van der Waals surface area contributed by atoms with E-state index in [9.17, 15) is 0 Å². The van der Waals surface area contributed by atoms with Gasteiger partial charge in [0.05, 0.1) is 10.7 Å². The maximum Gasteiger partial charge on any atom is 0.173 e. The molecule has 1 heterocycles. The van der Waals surface area contributed by atoms with Crippen molar-refractivity contribution in [1.29, 1.82) is 0 Å². The zero-order chi connectivity index (χ0) is 15.3. The van der Waals surface area contributed by atoms with Crippen molar-refractivity contribution in [2.24, 2.45) is 10.8 Å². The molecule has 0 aromatic heterocycles. The Labute approximate surface area is 137 Å². The van der Waals surface area contributed by atoms with E-state index in [4.69, 9.17) is 23.8 Å². The van der Waals surface area contributed by atoms with Gasteiger partial charge in [-0.15, -0.1) is 0 Å². The quantitative estimate of drug-likeness (QED) is 0.737. The molecule has 0 radical (unpaired) electrons. The van der Waals surface area contributed by atoms with Crippen LogP contribution in [-0.4, -0.2) is 22.6 Å². The summed E-state index contributed by atoms with van der Waals surface area (Å²) in [5.41, 5.74) is 1.69. The van der Waals surface area contributed by atoms with Crippen LogP contribution in [-0.2, 0) is 0 Å². The Morgan fingerprint density at radius 2 is 2.00 bits per heavy atom. The van der Waals surface area contributed by atoms with E-state index in [1.54, 1.807) is 0 Å². The Kier molecular flexibility index (Phi) is 3.69. The molecule has 1 aromatic carbocycles. The highest BCUT2D eigenvalue weighted by atomic mass is 35.5. The van der Waals surface area contributed by atoms with Crippen LogP contribution in [0.15, 0.2) is 24.3 Å². The van der Waals surface area contributed by atoms with Crippen LogP contribution >= 0.6 is 23.8 Å². The van der Waals surface area contributed by atoms with Crippen molar-refractivity contribution in [1.82, 2.24) is 4.90 Å². The number of halogens is 1. The van der Waals surface area contributed by atoms with Crippen molar-refractivity contribution >= 4 is 34.6 Å². The van der Waals surface area contributed by atoms with E-state index in [0.717, 1.165) is 17.3 Å². The summed E-state index contributed by atoms with van der Waals surface area (Å²) in [6, 6.07) is 8.33. The van der Waals surface area contributed by atoms with E-state index in [0.29, 0.717) is 21.9 Å². The van der Waals surface area contributed by atoms with Gasteiger partial charge >= 0.3 is 0 Å². The molecule has 2 nitrogen and oxygen atoms in total. The number of hydrogen-bond acceptors (Lipinski definition) is 1. The lowest BCUT2D eigenvalue weighted by atomic mass is 9.65. The van der Waals surface area contributed by atoms with Gasteiger partial charge in [-0.1, -0.05) is 44.5 Å². The van der Waals surface area contributed by atoms with Crippen molar-refractivity contribution in [2.75, 3.05) is 11.9 Å².